The minimum absolute atomic E-state index is 0. The molecule has 4 heteroatoms. The predicted molar refractivity (Wildman–Crippen MR) is 86.4 cm³/mol. The molecule has 0 bridgehead atoms. The molecule has 1 atom stereocenters. The maximum absolute atomic E-state index is 12.8. The van der Waals surface area contributed by atoms with Gasteiger partial charge >= 0.3 is 0 Å². The fourth-order valence-corrected chi connectivity index (χ4v) is 2.89. The van der Waals surface area contributed by atoms with Crippen molar-refractivity contribution in [3.63, 3.8) is 0 Å². The van der Waals surface area contributed by atoms with Crippen molar-refractivity contribution in [2.24, 2.45) is 0 Å². The first kappa shape index (κ1) is 16.8. The summed E-state index contributed by atoms with van der Waals surface area (Å²) in [6.45, 7) is 5.03. The molecule has 3 nitrogen and oxygen atoms in total. The summed E-state index contributed by atoms with van der Waals surface area (Å²) in [7, 11) is 0. The van der Waals surface area contributed by atoms with Crippen molar-refractivity contribution in [2.75, 3.05) is 12.3 Å². The predicted octanol–water partition coefficient (Wildman–Crippen LogP) is 3.79. The van der Waals surface area contributed by atoms with Crippen LogP contribution in [0.3, 0.4) is 0 Å². The van der Waals surface area contributed by atoms with Crippen molar-refractivity contribution in [1.29, 1.82) is 0 Å². The van der Waals surface area contributed by atoms with E-state index < -0.39 is 0 Å². The highest BCUT2D eigenvalue weighted by atomic mass is 35.5. The highest BCUT2D eigenvalue weighted by Crippen LogP contribution is 2.23. The lowest BCUT2D eigenvalue weighted by Crippen LogP contribution is -2.40. The van der Waals surface area contributed by atoms with Gasteiger partial charge in [0.25, 0.3) is 5.91 Å². The second-order valence-electron chi connectivity index (χ2n) is 5.48. The topological polar surface area (TPSA) is 46.3 Å². The molecule has 1 fully saturated rings. The minimum atomic E-state index is 0. The molecule has 0 spiro atoms. The Morgan fingerprint density at radius 3 is 2.80 bits per heavy atom. The molecule has 1 aliphatic heterocycles. The first-order chi connectivity index (χ1) is 9.13. The van der Waals surface area contributed by atoms with Crippen LogP contribution in [0.5, 0.6) is 0 Å². The first-order valence-corrected chi connectivity index (χ1v) is 7.30. The maximum Gasteiger partial charge on any atom is 0.254 e. The van der Waals surface area contributed by atoms with E-state index in [2.05, 4.69) is 11.8 Å². The number of rotatable bonds is 2. The van der Waals surface area contributed by atoms with Crippen molar-refractivity contribution in [1.82, 2.24) is 4.90 Å². The second-order valence-corrected chi connectivity index (χ2v) is 5.48. The fourth-order valence-electron chi connectivity index (χ4n) is 2.89. The summed E-state index contributed by atoms with van der Waals surface area (Å²) >= 11 is 0. The smallest absolute Gasteiger partial charge is 0.254 e. The van der Waals surface area contributed by atoms with Gasteiger partial charge in [-0.25, -0.2) is 0 Å². The van der Waals surface area contributed by atoms with E-state index in [4.69, 9.17) is 5.73 Å². The van der Waals surface area contributed by atoms with Crippen LogP contribution in [0, 0.1) is 6.92 Å². The van der Waals surface area contributed by atoms with Gasteiger partial charge in [-0.3, -0.25) is 4.79 Å². The average Bonchev–Trinajstić information content (AvgIpc) is 2.65. The summed E-state index contributed by atoms with van der Waals surface area (Å²) in [4.78, 5) is 14.8. The van der Waals surface area contributed by atoms with Gasteiger partial charge in [0, 0.05) is 23.8 Å². The minimum Gasteiger partial charge on any atom is -0.399 e. The van der Waals surface area contributed by atoms with E-state index in [-0.39, 0.29) is 18.3 Å². The third-order valence-corrected chi connectivity index (χ3v) is 4.10. The quantitative estimate of drug-likeness (QED) is 0.844. The molecule has 112 valence electrons. The Morgan fingerprint density at radius 1 is 1.35 bits per heavy atom. The molecule has 1 aromatic carbocycles. The van der Waals surface area contributed by atoms with Crippen LogP contribution < -0.4 is 5.73 Å². The van der Waals surface area contributed by atoms with Gasteiger partial charge in [-0.1, -0.05) is 25.8 Å². The molecular formula is C16H25ClN2O. The molecule has 1 heterocycles. The Bertz CT molecular complexity index is 462. The molecule has 0 aliphatic carbocycles. The first-order valence-electron chi connectivity index (χ1n) is 7.30. The monoisotopic (exact) mass is 296 g/mol. The number of carbonyl (C=O) groups is 1. The normalized spacial score (nSPS) is 19.1. The number of anilines is 1. The zero-order valence-corrected chi connectivity index (χ0v) is 13.2. The van der Waals surface area contributed by atoms with Crippen LogP contribution >= 0.6 is 12.4 Å². The van der Waals surface area contributed by atoms with Gasteiger partial charge in [-0.15, -0.1) is 12.4 Å². The van der Waals surface area contributed by atoms with E-state index in [0.29, 0.717) is 11.7 Å². The summed E-state index contributed by atoms with van der Waals surface area (Å²) in [6.07, 6.45) is 5.74. The van der Waals surface area contributed by atoms with E-state index in [1.54, 1.807) is 0 Å². The third kappa shape index (κ3) is 3.66. The van der Waals surface area contributed by atoms with Crippen LogP contribution in [0.2, 0.25) is 0 Å². The summed E-state index contributed by atoms with van der Waals surface area (Å²) in [6, 6.07) is 5.98. The van der Waals surface area contributed by atoms with Crippen LogP contribution in [0.25, 0.3) is 0 Å². The lowest BCUT2D eigenvalue weighted by molar-refractivity contribution is 0.0677. The molecule has 1 unspecified atom stereocenters. The van der Waals surface area contributed by atoms with E-state index >= 15 is 0 Å². The maximum atomic E-state index is 12.8. The van der Waals surface area contributed by atoms with Gasteiger partial charge < -0.3 is 10.6 Å². The molecule has 2 N–H and O–H groups in total. The number of hydrogen-bond acceptors (Lipinski definition) is 2. The molecular weight excluding hydrogens is 272 g/mol. The lowest BCUT2D eigenvalue weighted by atomic mass is 10.0. The Kier molecular flexibility index (Phi) is 6.34. The van der Waals surface area contributed by atoms with Gasteiger partial charge in [0.1, 0.15) is 0 Å². The van der Waals surface area contributed by atoms with E-state index in [1.807, 2.05) is 25.1 Å². The van der Waals surface area contributed by atoms with E-state index in [0.717, 1.165) is 36.9 Å². The van der Waals surface area contributed by atoms with Crippen molar-refractivity contribution in [3.05, 3.63) is 29.3 Å². The van der Waals surface area contributed by atoms with E-state index in [1.165, 1.54) is 12.8 Å². The largest absolute Gasteiger partial charge is 0.399 e. The summed E-state index contributed by atoms with van der Waals surface area (Å²) < 4.78 is 0. The van der Waals surface area contributed by atoms with Crippen LogP contribution in [0.15, 0.2) is 18.2 Å². The van der Waals surface area contributed by atoms with Crippen LogP contribution in [0.1, 0.15) is 54.9 Å². The number of nitrogens with two attached hydrogens (primary N) is 1. The van der Waals surface area contributed by atoms with Crippen molar-refractivity contribution in [3.8, 4) is 0 Å². The zero-order valence-electron chi connectivity index (χ0n) is 12.4. The summed E-state index contributed by atoms with van der Waals surface area (Å²) in [5.41, 5.74) is 8.26. The molecule has 1 amide bonds. The number of nitrogens with zero attached hydrogens (tertiary/aromatic N) is 1. The van der Waals surface area contributed by atoms with Gasteiger partial charge in [0.2, 0.25) is 0 Å². The number of aryl methyl sites for hydroxylation is 1. The number of carbonyl (C=O) groups excluding carboxylic acids is 1. The second kappa shape index (κ2) is 7.53. The molecule has 1 aromatic rings. The number of nitrogen functional groups attached to an aromatic ring is 1. The molecule has 1 aliphatic rings. The van der Waals surface area contributed by atoms with Crippen LogP contribution in [0.4, 0.5) is 5.69 Å². The number of likely N-dealkylation sites (tertiary alicyclic amines) is 1. The third-order valence-electron chi connectivity index (χ3n) is 4.10. The Hall–Kier alpha value is -1.22. The Balaban J connectivity index is 0.00000200. The number of amides is 1. The summed E-state index contributed by atoms with van der Waals surface area (Å²) in [5.74, 6) is 0.151. The molecule has 0 radical (unpaired) electrons. The highest BCUT2D eigenvalue weighted by molar-refractivity contribution is 5.96. The lowest BCUT2D eigenvalue weighted by Gasteiger charge is -2.30. The number of benzene rings is 1. The van der Waals surface area contributed by atoms with Crippen molar-refractivity contribution in [2.45, 2.75) is 52.0 Å². The summed E-state index contributed by atoms with van der Waals surface area (Å²) in [5, 5.41) is 0. The standard InChI is InChI=1S/C16H24N2O.ClH/c1-3-14-7-5-4-6-10-18(14)16(19)15-11-13(17)9-8-12(15)2;/h8-9,11,14H,3-7,10,17H2,1-2H3;1H. The molecule has 0 saturated carbocycles. The molecule has 2 rings (SSSR count). The Labute approximate surface area is 127 Å². The van der Waals surface area contributed by atoms with Crippen LogP contribution in [-0.4, -0.2) is 23.4 Å². The number of halogens is 1. The van der Waals surface area contributed by atoms with E-state index in [9.17, 15) is 4.79 Å². The van der Waals surface area contributed by atoms with Crippen LogP contribution in [-0.2, 0) is 0 Å². The fraction of sp³-hybridized carbons (Fsp3) is 0.562. The van der Waals surface area contributed by atoms with Gasteiger partial charge in [0.15, 0.2) is 0 Å². The molecule has 20 heavy (non-hydrogen) atoms. The molecule has 1 saturated heterocycles. The highest BCUT2D eigenvalue weighted by Gasteiger charge is 2.25. The SMILES string of the molecule is CCC1CCCCCN1C(=O)c1cc(N)ccc1C.Cl. The van der Waals surface area contributed by atoms with Gasteiger partial charge in [-0.05, 0) is 43.9 Å². The average molecular weight is 297 g/mol. The Morgan fingerprint density at radius 2 is 2.10 bits per heavy atom. The molecule has 0 aromatic heterocycles. The van der Waals surface area contributed by atoms with Crippen molar-refractivity contribution >= 4 is 24.0 Å². The van der Waals surface area contributed by atoms with Crippen molar-refractivity contribution < 1.29 is 4.79 Å². The zero-order chi connectivity index (χ0) is 13.8. The van der Waals surface area contributed by atoms with Gasteiger partial charge in [0.05, 0.1) is 0 Å². The van der Waals surface area contributed by atoms with Gasteiger partial charge in [-0.2, -0.15) is 0 Å². The number of hydrogen-bond donors (Lipinski definition) is 1.